The molecular weight excluding hydrogens is 392 g/mol. The van der Waals surface area contributed by atoms with Crippen LogP contribution in [-0.4, -0.2) is 32.5 Å². The number of nitrogens with two attached hydrogens (primary N) is 1. The van der Waals surface area contributed by atoms with Crippen molar-refractivity contribution in [2.45, 2.75) is 30.7 Å². The fourth-order valence-corrected chi connectivity index (χ4v) is 3.90. The van der Waals surface area contributed by atoms with E-state index in [4.69, 9.17) is 19.9 Å². The molecule has 4 rings (SSSR count). The first-order chi connectivity index (χ1) is 13.5. The molecule has 1 saturated heterocycles. The van der Waals surface area contributed by atoms with E-state index in [0.29, 0.717) is 19.8 Å². The SMILES string of the molecule is CC(N)(C(=O)NCC1(c2ccc3c(c2)OCO3)CCOCC1)c1ccccc1.Cl. The first-order valence-corrected chi connectivity index (χ1v) is 9.62. The second-order valence-corrected chi connectivity index (χ2v) is 7.71. The molecule has 0 bridgehead atoms. The van der Waals surface area contributed by atoms with E-state index < -0.39 is 5.54 Å². The molecule has 0 saturated carbocycles. The van der Waals surface area contributed by atoms with E-state index in [9.17, 15) is 4.79 Å². The van der Waals surface area contributed by atoms with Crippen LogP contribution in [0, 0.1) is 0 Å². The van der Waals surface area contributed by atoms with Crippen molar-refractivity contribution < 1.29 is 19.0 Å². The van der Waals surface area contributed by atoms with Crippen molar-refractivity contribution in [2.75, 3.05) is 26.6 Å². The molecule has 29 heavy (non-hydrogen) atoms. The molecule has 156 valence electrons. The Morgan fingerprint density at radius 3 is 2.52 bits per heavy atom. The Bertz CT molecular complexity index is 851. The number of carbonyl (C=O) groups is 1. The summed E-state index contributed by atoms with van der Waals surface area (Å²) in [6, 6.07) is 15.5. The third-order valence-corrected chi connectivity index (χ3v) is 5.87. The van der Waals surface area contributed by atoms with Crippen molar-refractivity contribution >= 4 is 18.3 Å². The number of benzene rings is 2. The fraction of sp³-hybridized carbons (Fsp3) is 0.409. The molecule has 3 N–H and O–H groups in total. The van der Waals surface area contributed by atoms with Gasteiger partial charge in [0.25, 0.3) is 0 Å². The second-order valence-electron chi connectivity index (χ2n) is 7.71. The summed E-state index contributed by atoms with van der Waals surface area (Å²) in [5, 5.41) is 3.11. The summed E-state index contributed by atoms with van der Waals surface area (Å²) in [4.78, 5) is 13.0. The quantitative estimate of drug-likeness (QED) is 0.780. The van der Waals surface area contributed by atoms with Gasteiger partial charge in [0, 0.05) is 25.2 Å². The van der Waals surface area contributed by atoms with Crippen LogP contribution in [0.3, 0.4) is 0 Å². The summed E-state index contributed by atoms with van der Waals surface area (Å²) in [6.07, 6.45) is 1.64. The molecule has 0 aliphatic carbocycles. The van der Waals surface area contributed by atoms with E-state index in [1.807, 2.05) is 42.5 Å². The van der Waals surface area contributed by atoms with Gasteiger partial charge in [0.15, 0.2) is 11.5 Å². The third kappa shape index (κ3) is 4.20. The lowest BCUT2D eigenvalue weighted by Crippen LogP contribution is -2.53. The molecule has 2 aromatic rings. The van der Waals surface area contributed by atoms with E-state index in [1.165, 1.54) is 0 Å². The van der Waals surface area contributed by atoms with Crippen LogP contribution in [0.2, 0.25) is 0 Å². The summed E-state index contributed by atoms with van der Waals surface area (Å²) >= 11 is 0. The highest BCUT2D eigenvalue weighted by Gasteiger charge is 2.38. The minimum Gasteiger partial charge on any atom is -0.454 e. The lowest BCUT2D eigenvalue weighted by atomic mass is 9.73. The van der Waals surface area contributed by atoms with Crippen molar-refractivity contribution in [3.8, 4) is 11.5 Å². The first-order valence-electron chi connectivity index (χ1n) is 9.62. The number of carbonyl (C=O) groups excluding carboxylic acids is 1. The van der Waals surface area contributed by atoms with Crippen molar-refractivity contribution in [1.82, 2.24) is 5.32 Å². The van der Waals surface area contributed by atoms with Crippen LogP contribution >= 0.6 is 12.4 Å². The molecule has 2 aliphatic rings. The van der Waals surface area contributed by atoms with Crippen LogP contribution < -0.4 is 20.5 Å². The van der Waals surface area contributed by atoms with Gasteiger partial charge in [0.2, 0.25) is 12.7 Å². The Kier molecular flexibility index (Phi) is 6.36. The molecule has 0 radical (unpaired) electrons. The lowest BCUT2D eigenvalue weighted by Gasteiger charge is -2.39. The van der Waals surface area contributed by atoms with Crippen molar-refractivity contribution in [3.63, 3.8) is 0 Å². The number of nitrogens with one attached hydrogen (secondary N) is 1. The number of halogens is 1. The van der Waals surface area contributed by atoms with Crippen molar-refractivity contribution in [1.29, 1.82) is 0 Å². The molecule has 1 amide bonds. The predicted octanol–water partition coefficient (Wildman–Crippen LogP) is 2.88. The topological polar surface area (TPSA) is 82.8 Å². The highest BCUT2D eigenvalue weighted by atomic mass is 35.5. The van der Waals surface area contributed by atoms with Gasteiger partial charge in [-0.3, -0.25) is 4.79 Å². The summed E-state index contributed by atoms with van der Waals surface area (Å²) in [7, 11) is 0. The predicted molar refractivity (Wildman–Crippen MR) is 113 cm³/mol. The second kappa shape index (κ2) is 8.61. The van der Waals surface area contributed by atoms with Crippen LogP contribution in [0.4, 0.5) is 0 Å². The fourth-order valence-electron chi connectivity index (χ4n) is 3.90. The van der Waals surface area contributed by atoms with Crippen LogP contribution in [0.1, 0.15) is 30.9 Å². The number of rotatable bonds is 5. The molecule has 2 aliphatic heterocycles. The van der Waals surface area contributed by atoms with Gasteiger partial charge in [-0.15, -0.1) is 12.4 Å². The maximum Gasteiger partial charge on any atom is 0.244 e. The normalized spacial score (nSPS) is 19.0. The largest absolute Gasteiger partial charge is 0.454 e. The summed E-state index contributed by atoms with van der Waals surface area (Å²) < 4.78 is 16.6. The van der Waals surface area contributed by atoms with E-state index in [0.717, 1.165) is 35.5 Å². The van der Waals surface area contributed by atoms with Gasteiger partial charge in [-0.2, -0.15) is 0 Å². The van der Waals surface area contributed by atoms with E-state index in [-0.39, 0.29) is 30.5 Å². The van der Waals surface area contributed by atoms with E-state index >= 15 is 0 Å². The minimum absolute atomic E-state index is 0. The van der Waals surface area contributed by atoms with Gasteiger partial charge in [-0.1, -0.05) is 36.4 Å². The highest BCUT2D eigenvalue weighted by Crippen LogP contribution is 2.40. The molecular formula is C22H27ClN2O4. The maximum absolute atomic E-state index is 13.0. The minimum atomic E-state index is -1.09. The zero-order valence-electron chi connectivity index (χ0n) is 16.5. The zero-order chi connectivity index (χ0) is 19.6. The van der Waals surface area contributed by atoms with Crippen LogP contribution in [0.5, 0.6) is 11.5 Å². The number of amides is 1. The number of fused-ring (bicyclic) bond motifs is 1. The molecule has 2 heterocycles. The van der Waals surface area contributed by atoms with Gasteiger partial charge in [0.1, 0.15) is 5.54 Å². The smallest absolute Gasteiger partial charge is 0.244 e. The van der Waals surface area contributed by atoms with Crippen LogP contribution in [-0.2, 0) is 20.5 Å². The van der Waals surface area contributed by atoms with Gasteiger partial charge in [-0.05, 0) is 43.0 Å². The molecule has 6 nitrogen and oxygen atoms in total. The van der Waals surface area contributed by atoms with E-state index in [1.54, 1.807) is 6.92 Å². The van der Waals surface area contributed by atoms with Gasteiger partial charge >= 0.3 is 0 Å². The van der Waals surface area contributed by atoms with Crippen molar-refractivity contribution in [2.24, 2.45) is 5.73 Å². The highest BCUT2D eigenvalue weighted by molar-refractivity contribution is 5.87. The molecule has 0 aromatic heterocycles. The Morgan fingerprint density at radius 1 is 1.10 bits per heavy atom. The van der Waals surface area contributed by atoms with Crippen LogP contribution in [0.15, 0.2) is 48.5 Å². The Hall–Kier alpha value is -2.28. The Balaban J connectivity index is 0.00000240. The molecule has 2 aromatic carbocycles. The van der Waals surface area contributed by atoms with E-state index in [2.05, 4.69) is 11.4 Å². The molecule has 1 atom stereocenters. The maximum atomic E-state index is 13.0. The number of hydrogen-bond donors (Lipinski definition) is 2. The molecule has 7 heteroatoms. The van der Waals surface area contributed by atoms with Gasteiger partial charge < -0.3 is 25.3 Å². The zero-order valence-corrected chi connectivity index (χ0v) is 17.3. The number of hydrogen-bond acceptors (Lipinski definition) is 5. The molecule has 1 unspecified atom stereocenters. The van der Waals surface area contributed by atoms with Crippen molar-refractivity contribution in [3.05, 3.63) is 59.7 Å². The molecule has 0 spiro atoms. The lowest BCUT2D eigenvalue weighted by molar-refractivity contribution is -0.126. The molecule has 1 fully saturated rings. The van der Waals surface area contributed by atoms with Gasteiger partial charge in [-0.25, -0.2) is 0 Å². The Morgan fingerprint density at radius 2 is 1.79 bits per heavy atom. The number of ether oxygens (including phenoxy) is 3. The summed E-state index contributed by atoms with van der Waals surface area (Å²) in [6.45, 7) is 3.80. The standard InChI is InChI=1S/C22H26N2O4.ClH/c1-21(23,16-5-3-2-4-6-16)20(25)24-14-22(9-11-26-12-10-22)17-7-8-18-19(13-17)28-15-27-18;/h2-8,13H,9-12,14-15,23H2,1H3,(H,24,25);1H. The van der Waals surface area contributed by atoms with Gasteiger partial charge in [0.05, 0.1) is 0 Å². The summed E-state index contributed by atoms with van der Waals surface area (Å²) in [5.74, 6) is 1.32. The summed E-state index contributed by atoms with van der Waals surface area (Å²) in [5.41, 5.74) is 6.98. The average molecular weight is 419 g/mol. The first kappa shape index (κ1) is 21.4. The Labute approximate surface area is 177 Å². The third-order valence-electron chi connectivity index (χ3n) is 5.87. The van der Waals surface area contributed by atoms with Crippen LogP contribution in [0.25, 0.3) is 0 Å². The average Bonchev–Trinajstić information content (AvgIpc) is 3.21. The monoisotopic (exact) mass is 418 g/mol.